The molecular weight excluding hydrogens is 252 g/mol. The number of amides is 1. The van der Waals surface area contributed by atoms with Crippen molar-refractivity contribution < 1.29 is 4.79 Å². The normalized spacial score (nSPS) is 17.9. The van der Waals surface area contributed by atoms with Crippen molar-refractivity contribution in [2.75, 3.05) is 23.3 Å². The Morgan fingerprint density at radius 3 is 2.85 bits per heavy atom. The van der Waals surface area contributed by atoms with E-state index < -0.39 is 6.04 Å². The average molecular weight is 276 g/mol. The van der Waals surface area contributed by atoms with Crippen molar-refractivity contribution in [3.8, 4) is 0 Å². The van der Waals surface area contributed by atoms with E-state index in [1.54, 1.807) is 6.20 Å². The third-order valence-corrected chi connectivity index (χ3v) is 4.01. The smallest absolute Gasteiger partial charge is 0.241 e. The van der Waals surface area contributed by atoms with Gasteiger partial charge in [-0.1, -0.05) is 20.3 Å². The topological polar surface area (TPSA) is 71.2 Å². The lowest BCUT2D eigenvalue weighted by Gasteiger charge is -2.22. The molecule has 5 heteroatoms. The summed E-state index contributed by atoms with van der Waals surface area (Å²) in [6.07, 6.45) is 5.01. The Labute approximate surface area is 120 Å². The van der Waals surface area contributed by atoms with Crippen LogP contribution in [0.3, 0.4) is 0 Å². The molecule has 110 valence electrons. The van der Waals surface area contributed by atoms with E-state index in [2.05, 4.69) is 15.2 Å². The third kappa shape index (κ3) is 3.28. The number of pyridine rings is 1. The van der Waals surface area contributed by atoms with E-state index in [0.29, 0.717) is 0 Å². The number of carbonyl (C=O) groups is 1. The van der Waals surface area contributed by atoms with Crippen LogP contribution in [0.2, 0.25) is 0 Å². The summed E-state index contributed by atoms with van der Waals surface area (Å²) in [5, 5.41) is 2.93. The van der Waals surface area contributed by atoms with Crippen molar-refractivity contribution in [2.24, 2.45) is 11.7 Å². The molecule has 0 aliphatic carbocycles. The van der Waals surface area contributed by atoms with E-state index in [0.717, 1.165) is 31.0 Å². The molecule has 2 heterocycles. The Kier molecular flexibility index (Phi) is 4.95. The average Bonchev–Trinajstić information content (AvgIpc) is 3.00. The van der Waals surface area contributed by atoms with Gasteiger partial charge in [0.15, 0.2) is 5.82 Å². The van der Waals surface area contributed by atoms with Crippen molar-refractivity contribution in [3.63, 3.8) is 0 Å². The lowest BCUT2D eigenvalue weighted by molar-refractivity contribution is -0.118. The van der Waals surface area contributed by atoms with E-state index >= 15 is 0 Å². The fraction of sp³-hybridized carbons (Fsp3) is 0.600. The van der Waals surface area contributed by atoms with Gasteiger partial charge < -0.3 is 16.0 Å². The Hall–Kier alpha value is -1.62. The molecule has 2 atom stereocenters. The van der Waals surface area contributed by atoms with Crippen LogP contribution in [0, 0.1) is 5.92 Å². The Balaban J connectivity index is 2.11. The maximum absolute atomic E-state index is 12.2. The molecule has 3 N–H and O–H groups in total. The molecule has 1 aromatic rings. The van der Waals surface area contributed by atoms with E-state index in [-0.39, 0.29) is 11.8 Å². The van der Waals surface area contributed by atoms with Gasteiger partial charge in [-0.3, -0.25) is 4.79 Å². The lowest BCUT2D eigenvalue weighted by Crippen LogP contribution is -2.41. The summed E-state index contributed by atoms with van der Waals surface area (Å²) in [6.45, 7) is 6.03. The highest BCUT2D eigenvalue weighted by Crippen LogP contribution is 2.26. The summed E-state index contributed by atoms with van der Waals surface area (Å²) in [5.41, 5.74) is 6.74. The molecule has 1 amide bonds. The Bertz CT molecular complexity index is 457. The molecule has 20 heavy (non-hydrogen) atoms. The summed E-state index contributed by atoms with van der Waals surface area (Å²) in [5.74, 6) is 0.893. The van der Waals surface area contributed by atoms with Crippen LogP contribution in [0.25, 0.3) is 0 Å². The maximum Gasteiger partial charge on any atom is 0.241 e. The second-order valence-corrected chi connectivity index (χ2v) is 5.47. The highest BCUT2D eigenvalue weighted by molar-refractivity contribution is 5.97. The van der Waals surface area contributed by atoms with Crippen molar-refractivity contribution >= 4 is 17.4 Å². The second kappa shape index (κ2) is 6.70. The van der Waals surface area contributed by atoms with Crippen molar-refractivity contribution in [1.82, 2.24) is 4.98 Å². The number of aromatic nitrogens is 1. The molecule has 0 aromatic carbocycles. The molecule has 0 bridgehead atoms. The van der Waals surface area contributed by atoms with E-state index in [9.17, 15) is 4.79 Å². The highest BCUT2D eigenvalue weighted by atomic mass is 16.2. The van der Waals surface area contributed by atoms with Crippen LogP contribution in [0.1, 0.15) is 33.1 Å². The zero-order valence-electron chi connectivity index (χ0n) is 12.3. The molecular formula is C15H24N4O. The molecule has 0 saturated carbocycles. The number of nitrogens with one attached hydrogen (secondary N) is 1. The van der Waals surface area contributed by atoms with Gasteiger partial charge in [-0.15, -0.1) is 0 Å². The number of anilines is 2. The molecule has 2 rings (SSSR count). The summed E-state index contributed by atoms with van der Waals surface area (Å²) in [7, 11) is 0. The predicted molar refractivity (Wildman–Crippen MR) is 81.7 cm³/mol. The summed E-state index contributed by atoms with van der Waals surface area (Å²) in [4.78, 5) is 18.8. The van der Waals surface area contributed by atoms with E-state index in [1.807, 2.05) is 26.0 Å². The van der Waals surface area contributed by atoms with Crippen molar-refractivity contribution in [3.05, 3.63) is 18.3 Å². The van der Waals surface area contributed by atoms with Crippen LogP contribution in [0.4, 0.5) is 11.5 Å². The quantitative estimate of drug-likeness (QED) is 0.863. The highest BCUT2D eigenvalue weighted by Gasteiger charge is 2.22. The van der Waals surface area contributed by atoms with Gasteiger partial charge in [0.05, 0.1) is 11.7 Å². The minimum Gasteiger partial charge on any atom is -0.355 e. The van der Waals surface area contributed by atoms with Gasteiger partial charge in [-0.05, 0) is 30.9 Å². The lowest BCUT2D eigenvalue weighted by atomic mass is 9.99. The number of hydrogen-bond acceptors (Lipinski definition) is 4. The fourth-order valence-electron chi connectivity index (χ4n) is 2.40. The first kappa shape index (κ1) is 14.8. The predicted octanol–water partition coefficient (Wildman–Crippen LogP) is 1.99. The minimum atomic E-state index is -0.480. The molecule has 1 aliphatic rings. The van der Waals surface area contributed by atoms with E-state index in [4.69, 9.17) is 5.73 Å². The van der Waals surface area contributed by atoms with Crippen LogP contribution >= 0.6 is 0 Å². The van der Waals surface area contributed by atoms with Gasteiger partial charge in [-0.2, -0.15) is 0 Å². The van der Waals surface area contributed by atoms with Gasteiger partial charge in [0.1, 0.15) is 0 Å². The molecule has 1 fully saturated rings. The Morgan fingerprint density at radius 1 is 1.50 bits per heavy atom. The number of rotatable bonds is 5. The summed E-state index contributed by atoms with van der Waals surface area (Å²) < 4.78 is 0. The molecule has 1 saturated heterocycles. The first-order chi connectivity index (χ1) is 9.63. The zero-order valence-corrected chi connectivity index (χ0v) is 12.3. The molecule has 5 nitrogen and oxygen atoms in total. The number of hydrogen-bond donors (Lipinski definition) is 2. The number of carbonyl (C=O) groups excluding carboxylic acids is 1. The van der Waals surface area contributed by atoms with Gasteiger partial charge in [0.25, 0.3) is 0 Å². The number of nitrogens with two attached hydrogens (primary N) is 1. The fourth-order valence-corrected chi connectivity index (χ4v) is 2.40. The van der Waals surface area contributed by atoms with Crippen LogP contribution in [0.15, 0.2) is 18.3 Å². The van der Waals surface area contributed by atoms with Crippen LogP contribution < -0.4 is 16.0 Å². The molecule has 1 unspecified atom stereocenters. The van der Waals surface area contributed by atoms with Crippen molar-refractivity contribution in [1.29, 1.82) is 0 Å². The van der Waals surface area contributed by atoms with E-state index in [1.165, 1.54) is 12.8 Å². The SMILES string of the molecule is CCC(C)[C@H](N)C(=O)Nc1cccnc1N1CCCC1. The molecule has 0 spiro atoms. The number of nitrogens with zero attached hydrogens (tertiary/aromatic N) is 2. The summed E-state index contributed by atoms with van der Waals surface area (Å²) in [6, 6.07) is 3.25. The maximum atomic E-state index is 12.2. The van der Waals surface area contributed by atoms with Crippen molar-refractivity contribution in [2.45, 2.75) is 39.2 Å². The third-order valence-electron chi connectivity index (χ3n) is 4.01. The Morgan fingerprint density at radius 2 is 2.20 bits per heavy atom. The van der Waals surface area contributed by atoms with Crippen LogP contribution in [-0.2, 0) is 4.79 Å². The molecule has 1 aliphatic heterocycles. The van der Waals surface area contributed by atoms with Crippen LogP contribution in [-0.4, -0.2) is 30.0 Å². The monoisotopic (exact) mass is 276 g/mol. The second-order valence-electron chi connectivity index (χ2n) is 5.47. The van der Waals surface area contributed by atoms with Crippen LogP contribution in [0.5, 0.6) is 0 Å². The summed E-state index contributed by atoms with van der Waals surface area (Å²) >= 11 is 0. The largest absolute Gasteiger partial charge is 0.355 e. The first-order valence-corrected chi connectivity index (χ1v) is 7.40. The minimum absolute atomic E-state index is 0.132. The van der Waals surface area contributed by atoms with Gasteiger partial charge >= 0.3 is 0 Å². The zero-order chi connectivity index (χ0) is 14.5. The van der Waals surface area contributed by atoms with Gasteiger partial charge in [0.2, 0.25) is 5.91 Å². The first-order valence-electron chi connectivity index (χ1n) is 7.40. The standard InChI is InChI=1S/C15H24N4O/c1-3-11(2)13(16)15(20)18-12-7-6-8-17-14(12)19-9-4-5-10-19/h6-8,11,13H,3-5,9-10,16H2,1-2H3,(H,18,20)/t11?,13-/m0/s1. The molecule has 1 aromatic heterocycles. The van der Waals surface area contributed by atoms with Gasteiger partial charge in [-0.25, -0.2) is 4.98 Å². The van der Waals surface area contributed by atoms with Gasteiger partial charge in [0, 0.05) is 19.3 Å². The molecule has 0 radical (unpaired) electrons.